The predicted octanol–water partition coefficient (Wildman–Crippen LogP) is 4.36. The maximum atomic E-state index is 15.9. The van der Waals surface area contributed by atoms with Crippen molar-refractivity contribution in [2.75, 3.05) is 12.0 Å². The van der Waals surface area contributed by atoms with Crippen LogP contribution in [0, 0.1) is 23.6 Å². The highest BCUT2D eigenvalue weighted by Gasteiger charge is 2.58. The number of aromatic amines is 1. The highest BCUT2D eigenvalue weighted by Crippen LogP contribution is 2.66. The fourth-order valence-corrected chi connectivity index (χ4v) is 7.51. The molecule has 7 rings (SSSR count). The van der Waals surface area contributed by atoms with Crippen LogP contribution in [0.5, 0.6) is 0 Å². The van der Waals surface area contributed by atoms with Gasteiger partial charge >= 0.3 is 12.1 Å². The minimum atomic E-state index is -0.727. The number of carbonyl (C=O) groups excluding carboxylic acids is 2. The number of methoxy groups -OCH3 is 1. The van der Waals surface area contributed by atoms with E-state index in [1.807, 2.05) is 18.2 Å². The molecule has 1 aliphatic heterocycles. The molecule has 3 N–H and O–H groups in total. The second-order valence-corrected chi connectivity index (χ2v) is 11.0. The Balaban J connectivity index is 1.37. The first-order chi connectivity index (χ1) is 18.9. The Morgan fingerprint density at radius 2 is 2.05 bits per heavy atom. The summed E-state index contributed by atoms with van der Waals surface area (Å²) < 4.78 is 28.0. The van der Waals surface area contributed by atoms with E-state index in [1.54, 1.807) is 24.0 Å². The lowest BCUT2D eigenvalue weighted by Gasteiger charge is -2.48. The van der Waals surface area contributed by atoms with Crippen LogP contribution in [0.3, 0.4) is 0 Å². The number of esters is 1. The van der Waals surface area contributed by atoms with Gasteiger partial charge in [-0.15, -0.1) is 0 Å². The fourth-order valence-electron chi connectivity index (χ4n) is 7.51. The molecule has 2 saturated carbocycles. The van der Waals surface area contributed by atoms with Crippen molar-refractivity contribution in [3.63, 3.8) is 0 Å². The molecule has 39 heavy (non-hydrogen) atoms. The number of carbonyl (C=O) groups is 2. The number of aromatic nitrogens is 4. The third kappa shape index (κ3) is 3.48. The molecule has 0 spiro atoms. The van der Waals surface area contributed by atoms with Crippen LogP contribution in [0.15, 0.2) is 36.7 Å². The normalized spacial score (nSPS) is 26.1. The Morgan fingerprint density at radius 3 is 2.85 bits per heavy atom. The maximum Gasteiger partial charge on any atom is 0.414 e. The first-order valence-electron chi connectivity index (χ1n) is 13.3. The van der Waals surface area contributed by atoms with Crippen LogP contribution in [0.2, 0.25) is 0 Å². The molecule has 3 aliphatic rings. The van der Waals surface area contributed by atoms with Crippen molar-refractivity contribution in [1.82, 2.24) is 20.0 Å². The number of benzene rings is 2. The molecule has 2 aliphatic carbocycles. The summed E-state index contributed by atoms with van der Waals surface area (Å²) in [6.45, 7) is 1.50. The third-order valence-electron chi connectivity index (χ3n) is 8.99. The lowest BCUT2D eigenvalue weighted by atomic mass is 9.66. The molecule has 3 unspecified atom stereocenters. The summed E-state index contributed by atoms with van der Waals surface area (Å²) in [5.74, 6) is 0.0640. The standard InChI is InChI=1S/C28H29FN6O4/c1-13(30)27(36)39-12-34-21-6-5-16(8-17(21)10-32-34)25-23-15-4-3-14(7-15)22(23)24-18-11-31-33-20(18)9-19(29)26(24)35(25)28(37)38-2/h5-6,8-11,13-15,22-23,25H,3-4,7,12,30H2,1-2H3,(H,31,33)/t13?,14?,15?,22-,23+,25-/m0/s1. The molecule has 2 fully saturated rings. The Morgan fingerprint density at radius 1 is 1.23 bits per heavy atom. The van der Waals surface area contributed by atoms with Crippen LogP contribution < -0.4 is 10.6 Å². The monoisotopic (exact) mass is 532 g/mol. The van der Waals surface area contributed by atoms with Crippen molar-refractivity contribution >= 4 is 39.6 Å². The molecular formula is C28H29FN6O4. The Hall–Kier alpha value is -3.99. The second kappa shape index (κ2) is 8.77. The van der Waals surface area contributed by atoms with Gasteiger partial charge in [0.1, 0.15) is 11.9 Å². The Bertz CT molecular complexity index is 1630. The molecule has 10 nitrogen and oxygen atoms in total. The molecule has 0 radical (unpaired) electrons. The van der Waals surface area contributed by atoms with Crippen LogP contribution in [0.4, 0.5) is 14.9 Å². The van der Waals surface area contributed by atoms with Gasteiger partial charge in [0.25, 0.3) is 0 Å². The maximum absolute atomic E-state index is 15.9. The highest BCUT2D eigenvalue weighted by molar-refractivity contribution is 5.98. The summed E-state index contributed by atoms with van der Waals surface area (Å²) >= 11 is 0. The van der Waals surface area contributed by atoms with Crippen LogP contribution in [-0.4, -0.2) is 45.2 Å². The molecule has 6 atom stereocenters. The summed E-state index contributed by atoms with van der Waals surface area (Å²) in [5, 5.41) is 13.2. The van der Waals surface area contributed by atoms with Crippen LogP contribution in [0.25, 0.3) is 21.8 Å². The average Bonchev–Trinajstić information content (AvgIpc) is 3.74. The van der Waals surface area contributed by atoms with E-state index < -0.39 is 30.0 Å². The number of hydrogen-bond donors (Lipinski definition) is 2. The summed E-state index contributed by atoms with van der Waals surface area (Å²) in [6, 6.07) is 6.13. The predicted molar refractivity (Wildman–Crippen MR) is 140 cm³/mol. The summed E-state index contributed by atoms with van der Waals surface area (Å²) in [6.07, 6.45) is 6.08. The van der Waals surface area contributed by atoms with E-state index in [4.69, 9.17) is 15.2 Å². The molecule has 2 bridgehead atoms. The van der Waals surface area contributed by atoms with Crippen LogP contribution >= 0.6 is 0 Å². The van der Waals surface area contributed by atoms with Gasteiger partial charge in [-0.1, -0.05) is 6.07 Å². The van der Waals surface area contributed by atoms with E-state index >= 15 is 4.39 Å². The Labute approximate surface area is 223 Å². The van der Waals surface area contributed by atoms with E-state index in [1.165, 1.54) is 18.1 Å². The molecule has 4 aromatic rings. The Kier molecular flexibility index (Phi) is 5.41. The topological polar surface area (TPSA) is 128 Å². The number of fused-ring (bicyclic) bond motifs is 10. The smallest absolute Gasteiger partial charge is 0.414 e. The number of nitrogens with zero attached hydrogens (tertiary/aromatic N) is 4. The SMILES string of the molecule is COC(=O)N1c2c(F)cc3[nH]ncc3c2[C@H]2C3CCC(C3)[C@H]2[C@@H]1c1ccc2c(cnn2COC(=O)C(C)N)c1. The van der Waals surface area contributed by atoms with E-state index in [0.29, 0.717) is 17.4 Å². The third-order valence-corrected chi connectivity index (χ3v) is 8.99. The number of hydrogen-bond acceptors (Lipinski definition) is 7. The molecule has 1 amide bonds. The number of anilines is 1. The molecule has 2 aromatic heterocycles. The lowest BCUT2D eigenvalue weighted by molar-refractivity contribution is -0.148. The first-order valence-corrected chi connectivity index (χ1v) is 13.3. The zero-order valence-corrected chi connectivity index (χ0v) is 21.6. The van der Waals surface area contributed by atoms with Gasteiger partial charge in [-0.25, -0.2) is 13.9 Å². The molecule has 0 saturated heterocycles. The van der Waals surface area contributed by atoms with Gasteiger partial charge in [0.2, 0.25) is 0 Å². The van der Waals surface area contributed by atoms with Gasteiger partial charge in [-0.2, -0.15) is 10.2 Å². The number of nitrogens with one attached hydrogen (secondary N) is 1. The highest BCUT2D eigenvalue weighted by atomic mass is 19.1. The molecule has 2 aromatic carbocycles. The summed E-state index contributed by atoms with van der Waals surface area (Å²) in [7, 11) is 1.33. The second-order valence-electron chi connectivity index (χ2n) is 11.0. The van der Waals surface area contributed by atoms with E-state index in [9.17, 15) is 9.59 Å². The summed E-state index contributed by atoms with van der Waals surface area (Å²) in [5.41, 5.74) is 9.04. The van der Waals surface area contributed by atoms with Gasteiger partial charge in [0.05, 0.1) is 42.3 Å². The van der Waals surface area contributed by atoms with E-state index in [2.05, 4.69) is 15.3 Å². The average molecular weight is 533 g/mol. The minimum Gasteiger partial charge on any atom is -0.452 e. The van der Waals surface area contributed by atoms with Gasteiger partial charge in [-0.05, 0) is 73.1 Å². The summed E-state index contributed by atoms with van der Waals surface area (Å²) in [4.78, 5) is 26.8. The number of H-pyrrole nitrogens is 1. The van der Waals surface area contributed by atoms with Crippen LogP contribution in [-0.2, 0) is 21.0 Å². The fraction of sp³-hybridized carbons (Fsp3) is 0.429. The van der Waals surface area contributed by atoms with Crippen molar-refractivity contribution in [3.05, 3.63) is 53.6 Å². The number of nitrogens with two attached hydrogens (primary N) is 1. The lowest BCUT2D eigenvalue weighted by Crippen LogP contribution is -2.47. The van der Waals surface area contributed by atoms with Gasteiger partial charge in [-0.3, -0.25) is 14.8 Å². The van der Waals surface area contributed by atoms with Gasteiger partial charge in [0, 0.05) is 16.8 Å². The molecular weight excluding hydrogens is 503 g/mol. The van der Waals surface area contributed by atoms with Crippen molar-refractivity contribution in [1.29, 1.82) is 0 Å². The van der Waals surface area contributed by atoms with Crippen molar-refractivity contribution in [3.8, 4) is 0 Å². The van der Waals surface area contributed by atoms with Gasteiger partial charge < -0.3 is 15.2 Å². The first kappa shape index (κ1) is 24.1. The van der Waals surface area contributed by atoms with E-state index in [-0.39, 0.29) is 24.3 Å². The van der Waals surface area contributed by atoms with Crippen LogP contribution in [0.1, 0.15) is 49.3 Å². The van der Waals surface area contributed by atoms with Crippen molar-refractivity contribution in [2.45, 2.75) is 50.9 Å². The number of amides is 1. The molecule has 202 valence electrons. The van der Waals surface area contributed by atoms with E-state index in [0.717, 1.165) is 46.7 Å². The zero-order valence-electron chi connectivity index (χ0n) is 21.6. The van der Waals surface area contributed by atoms with Gasteiger partial charge in [0.15, 0.2) is 6.73 Å². The largest absolute Gasteiger partial charge is 0.452 e. The number of halogens is 1. The van der Waals surface area contributed by atoms with Crippen molar-refractivity contribution in [2.24, 2.45) is 23.5 Å². The molecule has 3 heterocycles. The van der Waals surface area contributed by atoms with Crippen molar-refractivity contribution < 1.29 is 23.5 Å². The molecule has 11 heteroatoms. The zero-order chi connectivity index (χ0) is 27.0. The minimum absolute atomic E-state index is 0.0608. The number of ether oxygens (including phenoxy) is 2. The quantitative estimate of drug-likeness (QED) is 0.374. The number of rotatable bonds is 4.